The van der Waals surface area contributed by atoms with Crippen LogP contribution in [-0.2, 0) is 32.0 Å². The number of hydrogen-bond donors (Lipinski definition) is 5. The summed E-state index contributed by atoms with van der Waals surface area (Å²) in [6, 6.07) is 17.6. The summed E-state index contributed by atoms with van der Waals surface area (Å²) in [5, 5.41) is 20.4. The fourth-order valence-corrected chi connectivity index (χ4v) is 5.49. The first-order chi connectivity index (χ1) is 21.1. The molecule has 0 aliphatic carbocycles. The summed E-state index contributed by atoms with van der Waals surface area (Å²) in [6.07, 6.45) is 0.206. The molecule has 1 heterocycles. The Morgan fingerprint density at radius 1 is 0.933 bits per heavy atom. The highest BCUT2D eigenvalue weighted by atomic mass is 16.6. The second-order valence-corrected chi connectivity index (χ2v) is 11.8. The number of piperidine rings is 1. The van der Waals surface area contributed by atoms with Gasteiger partial charge >= 0.3 is 6.09 Å². The molecular formula is C33H49N5O7. The third kappa shape index (κ3) is 12.1. The van der Waals surface area contributed by atoms with Crippen molar-refractivity contribution in [3.05, 3.63) is 71.8 Å². The summed E-state index contributed by atoms with van der Waals surface area (Å²) >= 11 is 0. The van der Waals surface area contributed by atoms with Crippen LogP contribution in [0.3, 0.4) is 0 Å². The van der Waals surface area contributed by atoms with E-state index in [4.69, 9.17) is 10.5 Å². The molecule has 4 atom stereocenters. The summed E-state index contributed by atoms with van der Waals surface area (Å²) in [5.74, 6) is -2.12. The summed E-state index contributed by atoms with van der Waals surface area (Å²) in [5.41, 5.74) is 6.85. The van der Waals surface area contributed by atoms with Gasteiger partial charge in [0.15, 0.2) is 6.61 Å². The molecule has 2 aromatic carbocycles. The lowest BCUT2D eigenvalue weighted by atomic mass is 9.88. The number of aliphatic hydroxyl groups is 1. The molecule has 0 spiro atoms. The Kier molecular flexibility index (Phi) is 15.5. The molecule has 1 aliphatic heterocycles. The van der Waals surface area contributed by atoms with Gasteiger partial charge in [-0.2, -0.15) is 0 Å². The maximum atomic E-state index is 13.9. The van der Waals surface area contributed by atoms with Crippen LogP contribution in [0.25, 0.3) is 0 Å². The highest BCUT2D eigenvalue weighted by molar-refractivity contribution is 5.89. The smallest absolute Gasteiger partial charge is 0.407 e. The fourth-order valence-electron chi connectivity index (χ4n) is 5.49. The molecule has 0 radical (unpaired) electrons. The average molecular weight is 628 g/mol. The van der Waals surface area contributed by atoms with Gasteiger partial charge in [-0.3, -0.25) is 14.4 Å². The van der Waals surface area contributed by atoms with Crippen LogP contribution in [-0.4, -0.2) is 90.3 Å². The number of nitrogens with one attached hydrogen (secondary N) is 3. The van der Waals surface area contributed by atoms with Crippen LogP contribution in [0.4, 0.5) is 4.79 Å². The number of likely N-dealkylation sites (tertiary alicyclic amines) is 1. The largest absolute Gasteiger partial charge is 0.439 e. The Labute approximate surface area is 265 Å². The van der Waals surface area contributed by atoms with Crippen molar-refractivity contribution in [2.45, 2.75) is 70.2 Å². The first-order valence-corrected chi connectivity index (χ1v) is 15.3. The van der Waals surface area contributed by atoms with Gasteiger partial charge in [0.05, 0.1) is 12.1 Å². The van der Waals surface area contributed by atoms with Crippen LogP contribution >= 0.6 is 0 Å². The predicted octanol–water partition coefficient (Wildman–Crippen LogP) is 0.946. The number of benzene rings is 2. The maximum absolute atomic E-state index is 13.9. The van der Waals surface area contributed by atoms with Gasteiger partial charge in [0.2, 0.25) is 11.8 Å². The van der Waals surface area contributed by atoms with Crippen LogP contribution in [0.2, 0.25) is 0 Å². The van der Waals surface area contributed by atoms with Crippen LogP contribution in [0.5, 0.6) is 0 Å². The Morgan fingerprint density at radius 3 is 2.00 bits per heavy atom. The van der Waals surface area contributed by atoms with Crippen molar-refractivity contribution < 1.29 is 34.5 Å². The lowest BCUT2D eigenvalue weighted by Crippen LogP contribution is -2.55. The van der Waals surface area contributed by atoms with Crippen molar-refractivity contribution in [3.63, 3.8) is 0 Å². The summed E-state index contributed by atoms with van der Waals surface area (Å²) in [6.45, 7) is 4.45. The lowest BCUT2D eigenvalue weighted by molar-refractivity contribution is -0.139. The van der Waals surface area contributed by atoms with E-state index >= 15 is 0 Å². The van der Waals surface area contributed by atoms with E-state index < -0.39 is 42.7 Å². The van der Waals surface area contributed by atoms with E-state index in [1.54, 1.807) is 0 Å². The number of aliphatic hydroxyl groups excluding tert-OH is 1. The molecule has 8 N–H and O–H groups in total. The molecule has 45 heavy (non-hydrogen) atoms. The number of hydrogen-bond acceptors (Lipinski definition) is 7. The minimum atomic E-state index is -1.16. The lowest BCUT2D eigenvalue weighted by Gasteiger charge is -2.36. The molecule has 3 unspecified atom stereocenters. The molecule has 3 rings (SSSR count). The number of alkyl carbamates (subject to hydrolysis) is 1. The fraction of sp³-hybridized carbons (Fsp3) is 0.515. The second-order valence-electron chi connectivity index (χ2n) is 11.8. The zero-order chi connectivity index (χ0) is 32.1. The molecule has 0 bridgehead atoms. The Morgan fingerprint density at radius 2 is 1.49 bits per heavy atom. The molecule has 1 saturated heterocycles. The molecule has 12 heteroatoms. The number of nitrogens with two attached hydrogens (primary N) is 1. The molecule has 4 amide bonds. The number of rotatable bonds is 15. The topological polar surface area (TPSA) is 195 Å². The Balaban J connectivity index is 0.00000705. The first kappa shape index (κ1) is 37.2. The van der Waals surface area contributed by atoms with Gasteiger partial charge in [-0.1, -0.05) is 74.5 Å². The average Bonchev–Trinajstić information content (AvgIpc) is 3.02. The SMILES string of the molecule is CNC1CCN(C(=O)[C@@H](NC(=O)C(Cc2ccccc2)CC(O)C(Cc2ccccc2)NC(=O)OCC(N)=O)C(C)C)CC1.O. The van der Waals surface area contributed by atoms with Gasteiger partial charge in [0.25, 0.3) is 5.91 Å². The van der Waals surface area contributed by atoms with Gasteiger partial charge < -0.3 is 41.9 Å². The molecule has 1 aliphatic rings. The Bertz CT molecular complexity index is 1210. The molecule has 1 fully saturated rings. The number of carbonyl (C=O) groups excluding carboxylic acids is 4. The van der Waals surface area contributed by atoms with E-state index in [0.29, 0.717) is 25.6 Å². The van der Waals surface area contributed by atoms with Crippen molar-refractivity contribution >= 4 is 23.8 Å². The highest BCUT2D eigenvalue weighted by Crippen LogP contribution is 2.21. The standard InChI is InChI=1S/C33H47N5O6.H2O/c1-22(2)30(32(42)38-16-14-26(35-3)15-17-38)37-31(41)25(18-23-10-6-4-7-11-23)20-28(39)27(19-24-12-8-5-9-13-24)36-33(43)44-21-29(34)40;/h4-13,22,25-28,30,35,39H,14-21H2,1-3H3,(H2,34,40)(H,36,43)(H,37,41);1H2/t25?,27?,28?,30-;/m0./s1. The van der Waals surface area contributed by atoms with Crippen molar-refractivity contribution in [3.8, 4) is 0 Å². The van der Waals surface area contributed by atoms with Crippen LogP contribution in [0, 0.1) is 11.8 Å². The number of primary amides is 1. The molecule has 12 nitrogen and oxygen atoms in total. The number of amides is 4. The van der Waals surface area contributed by atoms with E-state index in [2.05, 4.69) is 16.0 Å². The van der Waals surface area contributed by atoms with E-state index in [9.17, 15) is 24.3 Å². The van der Waals surface area contributed by atoms with E-state index in [1.807, 2.05) is 86.5 Å². The third-order valence-corrected chi connectivity index (χ3v) is 8.08. The van der Waals surface area contributed by atoms with Crippen LogP contribution in [0.1, 0.15) is 44.2 Å². The van der Waals surface area contributed by atoms with Crippen molar-refractivity contribution in [2.75, 3.05) is 26.7 Å². The van der Waals surface area contributed by atoms with E-state index in [-0.39, 0.29) is 36.1 Å². The van der Waals surface area contributed by atoms with Gasteiger partial charge in [-0.25, -0.2) is 4.79 Å². The number of carbonyl (C=O) groups is 4. The van der Waals surface area contributed by atoms with Crippen molar-refractivity contribution in [1.82, 2.24) is 20.9 Å². The predicted molar refractivity (Wildman–Crippen MR) is 171 cm³/mol. The minimum Gasteiger partial charge on any atom is -0.439 e. The van der Waals surface area contributed by atoms with Gasteiger partial charge in [-0.15, -0.1) is 0 Å². The van der Waals surface area contributed by atoms with Crippen molar-refractivity contribution in [2.24, 2.45) is 17.6 Å². The monoisotopic (exact) mass is 627 g/mol. The third-order valence-electron chi connectivity index (χ3n) is 8.08. The minimum absolute atomic E-state index is 0. The van der Waals surface area contributed by atoms with Gasteiger partial charge in [-0.05, 0) is 56.2 Å². The number of ether oxygens (including phenoxy) is 1. The van der Waals surface area contributed by atoms with Crippen LogP contribution in [0.15, 0.2) is 60.7 Å². The zero-order valence-electron chi connectivity index (χ0n) is 26.4. The highest BCUT2D eigenvalue weighted by Gasteiger charge is 2.34. The molecule has 0 saturated carbocycles. The van der Waals surface area contributed by atoms with Gasteiger partial charge in [0.1, 0.15) is 6.04 Å². The quantitative estimate of drug-likeness (QED) is 0.194. The summed E-state index contributed by atoms with van der Waals surface area (Å²) in [4.78, 5) is 52.9. The molecule has 2 aromatic rings. The summed E-state index contributed by atoms with van der Waals surface area (Å²) in [7, 11) is 1.92. The maximum Gasteiger partial charge on any atom is 0.407 e. The normalized spacial score (nSPS) is 16.1. The Hall–Kier alpha value is -4.00. The molecule has 0 aromatic heterocycles. The van der Waals surface area contributed by atoms with E-state index in [0.717, 1.165) is 24.0 Å². The molecular weight excluding hydrogens is 578 g/mol. The zero-order valence-corrected chi connectivity index (χ0v) is 26.4. The number of nitrogens with zero attached hydrogens (tertiary/aromatic N) is 1. The summed E-state index contributed by atoms with van der Waals surface area (Å²) < 4.78 is 4.89. The first-order valence-electron chi connectivity index (χ1n) is 15.3. The van der Waals surface area contributed by atoms with E-state index in [1.165, 1.54) is 0 Å². The molecule has 248 valence electrons. The van der Waals surface area contributed by atoms with Crippen molar-refractivity contribution in [1.29, 1.82) is 0 Å². The van der Waals surface area contributed by atoms with Gasteiger partial charge in [0, 0.05) is 25.0 Å². The van der Waals surface area contributed by atoms with Crippen LogP contribution < -0.4 is 21.7 Å². The second kappa shape index (κ2) is 18.7.